The van der Waals surface area contributed by atoms with E-state index < -0.39 is 0 Å². The highest BCUT2D eigenvalue weighted by Gasteiger charge is 2.08. The summed E-state index contributed by atoms with van der Waals surface area (Å²) in [5, 5.41) is 10.5. The van der Waals surface area contributed by atoms with E-state index in [2.05, 4.69) is 39.6 Å². The molecule has 1 aromatic carbocycles. The standard InChI is InChI=1S/C16H18N4O/c1-2-14-10-18-15(21-14)11-17-8-13-9-19-20-16(13)12-6-4-3-5-7-12/h3-7,9-10,17H,2,8,11H2,1H3,(H,19,20). The van der Waals surface area contributed by atoms with Crippen LogP contribution in [0.15, 0.2) is 47.1 Å². The molecule has 3 aromatic rings. The highest BCUT2D eigenvalue weighted by Crippen LogP contribution is 2.20. The molecule has 3 rings (SSSR count). The molecule has 0 aliphatic heterocycles. The second-order valence-electron chi connectivity index (χ2n) is 4.81. The molecule has 0 fully saturated rings. The van der Waals surface area contributed by atoms with Crippen molar-refractivity contribution in [3.63, 3.8) is 0 Å². The van der Waals surface area contributed by atoms with Crippen molar-refractivity contribution in [2.75, 3.05) is 0 Å². The number of benzene rings is 1. The first kappa shape index (κ1) is 13.6. The van der Waals surface area contributed by atoms with Crippen LogP contribution in [0, 0.1) is 0 Å². The van der Waals surface area contributed by atoms with Crippen molar-refractivity contribution in [1.82, 2.24) is 20.5 Å². The van der Waals surface area contributed by atoms with Crippen LogP contribution in [0.3, 0.4) is 0 Å². The zero-order valence-corrected chi connectivity index (χ0v) is 12.0. The predicted molar refractivity (Wildman–Crippen MR) is 80.4 cm³/mol. The number of oxazole rings is 1. The van der Waals surface area contributed by atoms with E-state index in [9.17, 15) is 0 Å². The molecule has 0 atom stereocenters. The Hall–Kier alpha value is -2.40. The Morgan fingerprint density at radius 1 is 1.14 bits per heavy atom. The normalized spacial score (nSPS) is 10.9. The molecule has 0 unspecified atom stereocenters. The van der Waals surface area contributed by atoms with Crippen LogP contribution in [0.1, 0.15) is 24.1 Å². The fraction of sp³-hybridized carbons (Fsp3) is 0.250. The maximum Gasteiger partial charge on any atom is 0.208 e. The second-order valence-corrected chi connectivity index (χ2v) is 4.81. The maximum absolute atomic E-state index is 5.57. The van der Waals surface area contributed by atoms with Gasteiger partial charge in [0.2, 0.25) is 5.89 Å². The summed E-state index contributed by atoms with van der Waals surface area (Å²) in [6.45, 7) is 3.37. The van der Waals surface area contributed by atoms with E-state index >= 15 is 0 Å². The van der Waals surface area contributed by atoms with Crippen molar-refractivity contribution >= 4 is 0 Å². The van der Waals surface area contributed by atoms with Gasteiger partial charge in [0.15, 0.2) is 0 Å². The van der Waals surface area contributed by atoms with Crippen molar-refractivity contribution < 1.29 is 4.42 Å². The van der Waals surface area contributed by atoms with Gasteiger partial charge in [-0.25, -0.2) is 4.98 Å². The molecule has 2 N–H and O–H groups in total. The summed E-state index contributed by atoms with van der Waals surface area (Å²) >= 11 is 0. The van der Waals surface area contributed by atoms with E-state index in [-0.39, 0.29) is 0 Å². The lowest BCUT2D eigenvalue weighted by molar-refractivity contribution is 0.439. The Morgan fingerprint density at radius 2 is 2.00 bits per heavy atom. The van der Waals surface area contributed by atoms with Gasteiger partial charge in [0, 0.05) is 18.5 Å². The molecule has 5 heteroatoms. The molecular formula is C16H18N4O. The molecule has 2 heterocycles. The van der Waals surface area contributed by atoms with Crippen LogP contribution < -0.4 is 5.32 Å². The number of hydrogen-bond donors (Lipinski definition) is 2. The van der Waals surface area contributed by atoms with E-state index in [0.717, 1.165) is 34.9 Å². The minimum atomic E-state index is 0.611. The van der Waals surface area contributed by atoms with Crippen molar-refractivity contribution in [2.24, 2.45) is 0 Å². The van der Waals surface area contributed by atoms with Gasteiger partial charge in [-0.2, -0.15) is 5.10 Å². The van der Waals surface area contributed by atoms with Crippen LogP contribution in [0.2, 0.25) is 0 Å². The number of rotatable bonds is 6. The monoisotopic (exact) mass is 282 g/mol. The SMILES string of the molecule is CCc1cnc(CNCc2cn[nH]c2-c2ccccc2)o1. The summed E-state index contributed by atoms with van der Waals surface area (Å²) in [4.78, 5) is 4.23. The lowest BCUT2D eigenvalue weighted by Gasteiger charge is -2.04. The van der Waals surface area contributed by atoms with Gasteiger partial charge in [-0.3, -0.25) is 5.10 Å². The van der Waals surface area contributed by atoms with E-state index in [1.807, 2.05) is 24.4 Å². The van der Waals surface area contributed by atoms with E-state index in [1.165, 1.54) is 0 Å². The molecule has 0 bridgehead atoms. The van der Waals surface area contributed by atoms with E-state index in [0.29, 0.717) is 13.1 Å². The van der Waals surface area contributed by atoms with Gasteiger partial charge in [-0.15, -0.1) is 0 Å². The summed E-state index contributed by atoms with van der Waals surface area (Å²) in [6.07, 6.45) is 4.50. The highest BCUT2D eigenvalue weighted by atomic mass is 16.4. The number of aromatic nitrogens is 3. The lowest BCUT2D eigenvalue weighted by atomic mass is 10.1. The van der Waals surface area contributed by atoms with Crippen LogP contribution in [-0.2, 0) is 19.5 Å². The fourth-order valence-corrected chi connectivity index (χ4v) is 2.20. The molecule has 0 aliphatic carbocycles. The molecule has 21 heavy (non-hydrogen) atoms. The van der Waals surface area contributed by atoms with Gasteiger partial charge in [-0.05, 0) is 5.56 Å². The maximum atomic E-state index is 5.57. The van der Waals surface area contributed by atoms with Gasteiger partial charge in [0.1, 0.15) is 5.76 Å². The zero-order chi connectivity index (χ0) is 14.5. The molecule has 0 saturated carbocycles. The third-order valence-corrected chi connectivity index (χ3v) is 3.32. The Kier molecular flexibility index (Phi) is 4.12. The smallest absolute Gasteiger partial charge is 0.208 e. The molecule has 0 saturated heterocycles. The molecule has 5 nitrogen and oxygen atoms in total. The summed E-state index contributed by atoms with van der Waals surface area (Å²) in [7, 11) is 0. The van der Waals surface area contributed by atoms with Crippen molar-refractivity contribution in [3.8, 4) is 11.3 Å². The third-order valence-electron chi connectivity index (χ3n) is 3.32. The summed E-state index contributed by atoms with van der Waals surface area (Å²) < 4.78 is 5.57. The molecule has 0 spiro atoms. The topological polar surface area (TPSA) is 66.7 Å². The summed E-state index contributed by atoms with van der Waals surface area (Å²) in [6, 6.07) is 10.2. The first-order valence-electron chi connectivity index (χ1n) is 7.08. The third kappa shape index (κ3) is 3.20. The fourth-order valence-electron chi connectivity index (χ4n) is 2.20. The second kappa shape index (κ2) is 6.37. The first-order valence-corrected chi connectivity index (χ1v) is 7.08. The molecular weight excluding hydrogens is 264 g/mol. The van der Waals surface area contributed by atoms with Crippen LogP contribution in [0.5, 0.6) is 0 Å². The Labute approximate surface area is 123 Å². The Morgan fingerprint density at radius 3 is 2.76 bits per heavy atom. The number of nitrogens with one attached hydrogen (secondary N) is 2. The predicted octanol–water partition coefficient (Wildman–Crippen LogP) is 2.92. The van der Waals surface area contributed by atoms with E-state index in [1.54, 1.807) is 6.20 Å². The number of aromatic amines is 1. The summed E-state index contributed by atoms with van der Waals surface area (Å²) in [5.41, 5.74) is 3.31. The quantitative estimate of drug-likeness (QED) is 0.729. The largest absolute Gasteiger partial charge is 0.444 e. The van der Waals surface area contributed by atoms with Crippen LogP contribution in [0.25, 0.3) is 11.3 Å². The average Bonchev–Trinajstić information content (AvgIpc) is 3.17. The minimum absolute atomic E-state index is 0.611. The van der Waals surface area contributed by atoms with Crippen LogP contribution in [0.4, 0.5) is 0 Å². The van der Waals surface area contributed by atoms with Crippen molar-refractivity contribution in [3.05, 3.63) is 59.9 Å². The highest BCUT2D eigenvalue weighted by molar-refractivity contribution is 5.62. The zero-order valence-electron chi connectivity index (χ0n) is 12.0. The molecule has 0 amide bonds. The van der Waals surface area contributed by atoms with Gasteiger partial charge in [0.05, 0.1) is 24.6 Å². The van der Waals surface area contributed by atoms with Gasteiger partial charge >= 0.3 is 0 Å². The Balaban J connectivity index is 1.62. The number of aryl methyl sites for hydroxylation is 1. The molecule has 2 aromatic heterocycles. The Bertz CT molecular complexity index is 687. The van der Waals surface area contributed by atoms with Gasteiger partial charge < -0.3 is 9.73 Å². The number of H-pyrrole nitrogens is 1. The number of hydrogen-bond acceptors (Lipinski definition) is 4. The van der Waals surface area contributed by atoms with Gasteiger partial charge in [-0.1, -0.05) is 37.3 Å². The van der Waals surface area contributed by atoms with Crippen LogP contribution in [-0.4, -0.2) is 15.2 Å². The lowest BCUT2D eigenvalue weighted by Crippen LogP contribution is -2.13. The average molecular weight is 282 g/mol. The van der Waals surface area contributed by atoms with E-state index in [4.69, 9.17) is 4.42 Å². The first-order chi connectivity index (χ1) is 10.4. The summed E-state index contributed by atoms with van der Waals surface area (Å²) in [5.74, 6) is 1.64. The molecule has 108 valence electrons. The van der Waals surface area contributed by atoms with Crippen LogP contribution >= 0.6 is 0 Å². The number of nitrogens with zero attached hydrogens (tertiary/aromatic N) is 2. The van der Waals surface area contributed by atoms with Crippen molar-refractivity contribution in [1.29, 1.82) is 0 Å². The van der Waals surface area contributed by atoms with Crippen molar-refractivity contribution in [2.45, 2.75) is 26.4 Å². The van der Waals surface area contributed by atoms with Gasteiger partial charge in [0.25, 0.3) is 0 Å². The molecule has 0 aliphatic rings. The minimum Gasteiger partial charge on any atom is -0.444 e. The molecule has 0 radical (unpaired) electrons.